The van der Waals surface area contributed by atoms with E-state index in [2.05, 4.69) is 10.6 Å². The highest BCUT2D eigenvalue weighted by molar-refractivity contribution is 5.95. The molecule has 0 atom stereocenters. The molecule has 0 aliphatic heterocycles. The van der Waals surface area contributed by atoms with Gasteiger partial charge in [-0.2, -0.15) is 0 Å². The first kappa shape index (κ1) is 26.8. The van der Waals surface area contributed by atoms with Crippen LogP contribution >= 0.6 is 0 Å². The van der Waals surface area contributed by atoms with E-state index in [0.29, 0.717) is 6.07 Å². The molecule has 2 aromatic carbocycles. The van der Waals surface area contributed by atoms with Gasteiger partial charge in [0.2, 0.25) is 5.91 Å². The monoisotopic (exact) mass is 504 g/mol. The largest absolute Gasteiger partial charge is 0.466 e. The van der Waals surface area contributed by atoms with Gasteiger partial charge >= 0.3 is 5.97 Å². The molecule has 3 rings (SSSR count). The number of fused-ring (bicyclic) bond motifs is 1. The molecule has 0 unspecified atom stereocenters. The second kappa shape index (κ2) is 10.8. The van der Waals surface area contributed by atoms with E-state index in [4.69, 9.17) is 9.15 Å². The number of anilines is 2. The number of hydrogen-bond donors (Lipinski definition) is 2. The van der Waals surface area contributed by atoms with Crippen LogP contribution in [0, 0.1) is 22.9 Å². The SMILES string of the molecule is CCOC(=O)CCCNc1c(F)cc(F)c2oc(-c3ccc(NC(=O)C(C)(C)C)c(F)c3)cc(=O)c12. The van der Waals surface area contributed by atoms with Crippen molar-refractivity contribution in [3.63, 3.8) is 0 Å². The summed E-state index contributed by atoms with van der Waals surface area (Å²) in [5.41, 5.74) is -2.20. The summed E-state index contributed by atoms with van der Waals surface area (Å²) in [5.74, 6) is -3.83. The van der Waals surface area contributed by atoms with Gasteiger partial charge in [-0.25, -0.2) is 13.2 Å². The summed E-state index contributed by atoms with van der Waals surface area (Å²) in [4.78, 5) is 36.5. The lowest BCUT2D eigenvalue weighted by atomic mass is 9.95. The predicted molar refractivity (Wildman–Crippen MR) is 130 cm³/mol. The summed E-state index contributed by atoms with van der Waals surface area (Å²) in [6.45, 7) is 7.07. The van der Waals surface area contributed by atoms with E-state index < -0.39 is 45.8 Å². The fourth-order valence-electron chi connectivity index (χ4n) is 3.34. The minimum Gasteiger partial charge on any atom is -0.466 e. The Morgan fingerprint density at radius 2 is 1.75 bits per heavy atom. The van der Waals surface area contributed by atoms with E-state index in [9.17, 15) is 27.6 Å². The Morgan fingerprint density at radius 3 is 2.39 bits per heavy atom. The highest BCUT2D eigenvalue weighted by Crippen LogP contribution is 2.31. The fraction of sp³-hybridized carbons (Fsp3) is 0.346. The third-order valence-electron chi connectivity index (χ3n) is 5.25. The second-order valence-corrected chi connectivity index (χ2v) is 9.13. The molecule has 0 aliphatic carbocycles. The lowest BCUT2D eigenvalue weighted by Gasteiger charge is -2.18. The van der Waals surface area contributed by atoms with Crippen LogP contribution in [0.25, 0.3) is 22.3 Å². The number of ether oxygens (including phenoxy) is 1. The minimum absolute atomic E-state index is 0.0654. The van der Waals surface area contributed by atoms with Crippen LogP contribution in [0.5, 0.6) is 0 Å². The first-order chi connectivity index (χ1) is 16.9. The molecule has 0 radical (unpaired) electrons. The van der Waals surface area contributed by atoms with Crippen LogP contribution in [-0.4, -0.2) is 25.0 Å². The average molecular weight is 505 g/mol. The van der Waals surface area contributed by atoms with Gasteiger partial charge in [-0.05, 0) is 31.5 Å². The summed E-state index contributed by atoms with van der Waals surface area (Å²) in [5, 5.41) is 4.86. The highest BCUT2D eigenvalue weighted by Gasteiger charge is 2.23. The molecule has 10 heteroatoms. The van der Waals surface area contributed by atoms with Crippen molar-refractivity contribution in [1.82, 2.24) is 0 Å². The van der Waals surface area contributed by atoms with Crippen LogP contribution in [0.1, 0.15) is 40.5 Å². The van der Waals surface area contributed by atoms with Crippen molar-refractivity contribution in [3.8, 4) is 11.3 Å². The van der Waals surface area contributed by atoms with Crippen LogP contribution in [-0.2, 0) is 14.3 Å². The van der Waals surface area contributed by atoms with Gasteiger partial charge in [0.25, 0.3) is 0 Å². The number of halogens is 3. The Labute approximate surface area is 205 Å². The number of benzene rings is 2. The molecule has 1 amide bonds. The summed E-state index contributed by atoms with van der Waals surface area (Å²) < 4.78 is 54.2. The van der Waals surface area contributed by atoms with E-state index >= 15 is 0 Å². The number of carbonyl (C=O) groups excluding carboxylic acids is 2. The highest BCUT2D eigenvalue weighted by atomic mass is 19.1. The van der Waals surface area contributed by atoms with Gasteiger partial charge < -0.3 is 19.8 Å². The van der Waals surface area contributed by atoms with Crippen molar-refractivity contribution in [3.05, 3.63) is 58.0 Å². The van der Waals surface area contributed by atoms with Gasteiger partial charge in [0.05, 0.1) is 23.4 Å². The molecule has 192 valence electrons. The third-order valence-corrected chi connectivity index (χ3v) is 5.25. The second-order valence-electron chi connectivity index (χ2n) is 9.13. The smallest absolute Gasteiger partial charge is 0.305 e. The predicted octanol–water partition coefficient (Wildman–Crippen LogP) is 5.62. The number of rotatable bonds is 8. The molecule has 0 saturated heterocycles. The average Bonchev–Trinajstić information content (AvgIpc) is 2.79. The molecule has 0 fully saturated rings. The van der Waals surface area contributed by atoms with E-state index in [1.165, 1.54) is 12.1 Å². The van der Waals surface area contributed by atoms with E-state index in [-0.39, 0.29) is 54.1 Å². The fourth-order valence-corrected chi connectivity index (χ4v) is 3.34. The van der Waals surface area contributed by atoms with Crippen LogP contribution in [0.15, 0.2) is 39.5 Å². The number of nitrogens with one attached hydrogen (secondary N) is 2. The maximum absolute atomic E-state index is 14.7. The van der Waals surface area contributed by atoms with Crippen molar-refractivity contribution in [1.29, 1.82) is 0 Å². The number of carbonyl (C=O) groups is 2. The van der Waals surface area contributed by atoms with Gasteiger partial charge in [0.15, 0.2) is 16.8 Å². The van der Waals surface area contributed by atoms with Crippen molar-refractivity contribution >= 4 is 34.2 Å². The number of esters is 1. The molecule has 0 bridgehead atoms. The molecule has 0 spiro atoms. The third kappa shape index (κ3) is 6.05. The first-order valence-corrected chi connectivity index (χ1v) is 11.4. The van der Waals surface area contributed by atoms with Crippen LogP contribution in [0.3, 0.4) is 0 Å². The van der Waals surface area contributed by atoms with Crippen molar-refractivity contribution in [2.24, 2.45) is 5.41 Å². The van der Waals surface area contributed by atoms with Crippen LogP contribution in [0.4, 0.5) is 24.5 Å². The summed E-state index contributed by atoms with van der Waals surface area (Å²) in [6.07, 6.45) is 0.371. The van der Waals surface area contributed by atoms with E-state index in [1.807, 2.05) is 0 Å². The molecule has 1 heterocycles. The maximum Gasteiger partial charge on any atom is 0.305 e. The normalized spacial score (nSPS) is 11.4. The molecule has 2 N–H and O–H groups in total. The van der Waals surface area contributed by atoms with Crippen molar-refractivity contribution < 1.29 is 31.9 Å². The quantitative estimate of drug-likeness (QED) is 0.305. The molecular formula is C26H27F3N2O5. The Morgan fingerprint density at radius 1 is 1.03 bits per heavy atom. The zero-order valence-corrected chi connectivity index (χ0v) is 20.4. The Balaban J connectivity index is 1.92. The summed E-state index contributed by atoms with van der Waals surface area (Å²) in [7, 11) is 0. The summed E-state index contributed by atoms with van der Waals surface area (Å²) in [6, 6.07) is 5.33. The standard InChI is InChI=1S/C26H27F3N2O5/c1-5-35-21(33)7-6-10-30-23-16(28)12-17(29)24-22(23)19(32)13-20(36-24)14-8-9-18(15(27)11-14)31-25(34)26(2,3)4/h8-9,11-13,30H,5-7,10H2,1-4H3,(H,31,34). The summed E-state index contributed by atoms with van der Waals surface area (Å²) >= 11 is 0. The zero-order valence-electron chi connectivity index (χ0n) is 20.4. The Kier molecular flexibility index (Phi) is 8.07. The lowest BCUT2D eigenvalue weighted by molar-refractivity contribution is -0.143. The van der Waals surface area contributed by atoms with Gasteiger partial charge in [0.1, 0.15) is 17.4 Å². The molecule has 36 heavy (non-hydrogen) atoms. The van der Waals surface area contributed by atoms with Gasteiger partial charge in [-0.1, -0.05) is 20.8 Å². The molecule has 1 aromatic heterocycles. The van der Waals surface area contributed by atoms with Crippen molar-refractivity contribution in [2.45, 2.75) is 40.5 Å². The van der Waals surface area contributed by atoms with E-state index in [1.54, 1.807) is 27.7 Å². The topological polar surface area (TPSA) is 97.6 Å². The molecule has 7 nitrogen and oxygen atoms in total. The zero-order chi connectivity index (χ0) is 26.6. The molecule has 3 aromatic rings. The lowest BCUT2D eigenvalue weighted by Crippen LogP contribution is -2.28. The number of hydrogen-bond acceptors (Lipinski definition) is 6. The molecular weight excluding hydrogens is 477 g/mol. The molecule has 0 aliphatic rings. The van der Waals surface area contributed by atoms with Crippen LogP contribution in [0.2, 0.25) is 0 Å². The first-order valence-electron chi connectivity index (χ1n) is 11.4. The molecule has 0 saturated carbocycles. The Hall–Kier alpha value is -3.82. The van der Waals surface area contributed by atoms with Gasteiger partial charge in [-0.3, -0.25) is 14.4 Å². The van der Waals surface area contributed by atoms with Crippen molar-refractivity contribution in [2.75, 3.05) is 23.8 Å². The van der Waals surface area contributed by atoms with Gasteiger partial charge in [0, 0.05) is 36.1 Å². The van der Waals surface area contributed by atoms with E-state index in [0.717, 1.165) is 12.1 Å². The van der Waals surface area contributed by atoms with Gasteiger partial charge in [-0.15, -0.1) is 0 Å². The maximum atomic E-state index is 14.7. The Bertz CT molecular complexity index is 1360. The van der Waals surface area contributed by atoms with Crippen LogP contribution < -0.4 is 16.1 Å². The minimum atomic E-state index is -1.10. The number of amides is 1.